The third-order valence-electron chi connectivity index (χ3n) is 3.15. The summed E-state index contributed by atoms with van der Waals surface area (Å²) < 4.78 is 0. The molecule has 2 aromatic rings. The van der Waals surface area contributed by atoms with Gasteiger partial charge in [-0.3, -0.25) is 15.1 Å². The Balaban J connectivity index is 2.39. The van der Waals surface area contributed by atoms with Crippen LogP contribution in [0.2, 0.25) is 5.02 Å². The van der Waals surface area contributed by atoms with Crippen LogP contribution in [0.4, 0.5) is 11.4 Å². The summed E-state index contributed by atoms with van der Waals surface area (Å²) in [4.78, 5) is 14.8. The van der Waals surface area contributed by atoms with E-state index in [-0.39, 0.29) is 10.7 Å². The summed E-state index contributed by atoms with van der Waals surface area (Å²) in [6, 6.07) is 8.76. The molecule has 0 amide bonds. The SMILES string of the molecule is Cc1cc(C)c(N=Cc2ccc(Cl)c([N+](=O)[O-])c2)c(C)c1. The van der Waals surface area contributed by atoms with E-state index < -0.39 is 4.92 Å². The molecule has 0 radical (unpaired) electrons. The molecule has 21 heavy (non-hydrogen) atoms. The van der Waals surface area contributed by atoms with Crippen molar-refractivity contribution >= 4 is 29.2 Å². The zero-order valence-corrected chi connectivity index (χ0v) is 12.8. The number of hydrogen-bond acceptors (Lipinski definition) is 3. The highest BCUT2D eigenvalue weighted by Crippen LogP contribution is 2.27. The molecule has 0 spiro atoms. The topological polar surface area (TPSA) is 55.5 Å². The number of hydrogen-bond donors (Lipinski definition) is 0. The molecule has 2 rings (SSSR count). The van der Waals surface area contributed by atoms with Gasteiger partial charge >= 0.3 is 0 Å². The predicted molar refractivity (Wildman–Crippen MR) is 86.0 cm³/mol. The third kappa shape index (κ3) is 3.47. The molecule has 0 heterocycles. The molecule has 108 valence electrons. The summed E-state index contributed by atoms with van der Waals surface area (Å²) in [5, 5.41) is 11.0. The fourth-order valence-corrected chi connectivity index (χ4v) is 2.45. The van der Waals surface area contributed by atoms with Gasteiger partial charge in [0.15, 0.2) is 0 Å². The number of nitro groups is 1. The maximum absolute atomic E-state index is 10.9. The van der Waals surface area contributed by atoms with Crippen LogP contribution in [0.25, 0.3) is 0 Å². The Morgan fingerprint density at radius 1 is 1.14 bits per heavy atom. The monoisotopic (exact) mass is 302 g/mol. The van der Waals surface area contributed by atoms with Gasteiger partial charge in [-0.25, -0.2) is 0 Å². The Morgan fingerprint density at radius 2 is 1.76 bits per heavy atom. The lowest BCUT2D eigenvalue weighted by Gasteiger charge is -2.06. The number of aliphatic imine (C=N–C) groups is 1. The fraction of sp³-hybridized carbons (Fsp3) is 0.188. The number of halogens is 1. The highest BCUT2D eigenvalue weighted by Gasteiger charge is 2.12. The fourth-order valence-electron chi connectivity index (χ4n) is 2.27. The van der Waals surface area contributed by atoms with E-state index in [9.17, 15) is 10.1 Å². The quantitative estimate of drug-likeness (QED) is 0.459. The maximum atomic E-state index is 10.9. The van der Waals surface area contributed by atoms with Gasteiger partial charge in [0.1, 0.15) is 5.02 Å². The molecule has 2 aromatic carbocycles. The number of aryl methyl sites for hydroxylation is 3. The lowest BCUT2D eigenvalue weighted by molar-refractivity contribution is -0.384. The standard InChI is InChI=1S/C16H15ClN2O2/c1-10-6-11(2)16(12(3)7-10)18-9-13-4-5-14(17)15(8-13)19(20)21/h4-9H,1-3H3. The molecule has 0 atom stereocenters. The van der Waals surface area contributed by atoms with Crippen LogP contribution in [0.15, 0.2) is 35.3 Å². The molecule has 0 bridgehead atoms. The van der Waals surface area contributed by atoms with Gasteiger partial charge in [-0.2, -0.15) is 0 Å². The van der Waals surface area contributed by atoms with Gasteiger partial charge in [0.2, 0.25) is 0 Å². The first-order valence-corrected chi connectivity index (χ1v) is 6.82. The highest BCUT2D eigenvalue weighted by molar-refractivity contribution is 6.32. The minimum Gasteiger partial charge on any atom is -0.258 e. The highest BCUT2D eigenvalue weighted by atomic mass is 35.5. The first-order valence-electron chi connectivity index (χ1n) is 6.44. The average molecular weight is 303 g/mol. The second-order valence-electron chi connectivity index (χ2n) is 4.97. The van der Waals surface area contributed by atoms with E-state index in [1.807, 2.05) is 20.8 Å². The van der Waals surface area contributed by atoms with Crippen LogP contribution in [0.1, 0.15) is 22.3 Å². The average Bonchev–Trinajstić information content (AvgIpc) is 2.38. The van der Waals surface area contributed by atoms with Crippen LogP contribution in [0.5, 0.6) is 0 Å². The van der Waals surface area contributed by atoms with E-state index in [0.717, 1.165) is 16.8 Å². The summed E-state index contributed by atoms with van der Waals surface area (Å²) >= 11 is 5.79. The van der Waals surface area contributed by atoms with E-state index in [0.29, 0.717) is 5.56 Å². The lowest BCUT2D eigenvalue weighted by Crippen LogP contribution is -1.91. The van der Waals surface area contributed by atoms with Crippen molar-refractivity contribution in [2.45, 2.75) is 20.8 Å². The Hall–Kier alpha value is -2.20. The van der Waals surface area contributed by atoms with Crippen molar-refractivity contribution in [3.8, 4) is 0 Å². The van der Waals surface area contributed by atoms with Crippen molar-refractivity contribution in [3.63, 3.8) is 0 Å². The molecular formula is C16H15ClN2O2. The summed E-state index contributed by atoms with van der Waals surface area (Å²) in [5.74, 6) is 0. The summed E-state index contributed by atoms with van der Waals surface area (Å²) in [6.45, 7) is 6.03. The molecular weight excluding hydrogens is 288 g/mol. The predicted octanol–water partition coefficient (Wildman–Crippen LogP) is 4.92. The Kier molecular flexibility index (Phi) is 4.38. The van der Waals surface area contributed by atoms with Crippen molar-refractivity contribution < 1.29 is 4.92 Å². The molecule has 0 N–H and O–H groups in total. The molecule has 0 aliphatic heterocycles. The first-order chi connectivity index (χ1) is 9.88. The normalized spacial score (nSPS) is 11.0. The number of nitrogens with zero attached hydrogens (tertiary/aromatic N) is 2. The number of benzene rings is 2. The molecule has 0 aromatic heterocycles. The molecule has 0 fully saturated rings. The van der Waals surface area contributed by atoms with Crippen LogP contribution in [-0.2, 0) is 0 Å². The van der Waals surface area contributed by atoms with Crippen molar-refractivity contribution in [3.05, 3.63) is 67.7 Å². The summed E-state index contributed by atoms with van der Waals surface area (Å²) in [6.07, 6.45) is 1.62. The van der Waals surface area contributed by atoms with Crippen molar-refractivity contribution in [1.29, 1.82) is 0 Å². The third-order valence-corrected chi connectivity index (χ3v) is 3.46. The largest absolute Gasteiger partial charge is 0.288 e. The van der Waals surface area contributed by atoms with Gasteiger partial charge in [-0.1, -0.05) is 35.4 Å². The Bertz CT molecular complexity index is 716. The first kappa shape index (κ1) is 15.2. The Morgan fingerprint density at radius 3 is 2.33 bits per heavy atom. The van der Waals surface area contributed by atoms with E-state index in [4.69, 9.17) is 11.6 Å². The van der Waals surface area contributed by atoms with Crippen LogP contribution in [0, 0.1) is 30.9 Å². The summed E-state index contributed by atoms with van der Waals surface area (Å²) in [5.41, 5.74) is 4.76. The molecule has 0 saturated carbocycles. The molecule has 0 unspecified atom stereocenters. The molecule has 0 saturated heterocycles. The molecule has 0 aliphatic rings. The molecule has 4 nitrogen and oxygen atoms in total. The van der Waals surface area contributed by atoms with Crippen LogP contribution in [-0.4, -0.2) is 11.1 Å². The molecule has 0 aliphatic carbocycles. The van der Waals surface area contributed by atoms with Gasteiger partial charge in [-0.05, 0) is 43.5 Å². The number of nitro benzene ring substituents is 1. The van der Waals surface area contributed by atoms with E-state index in [2.05, 4.69) is 17.1 Å². The van der Waals surface area contributed by atoms with Crippen molar-refractivity contribution in [2.24, 2.45) is 4.99 Å². The van der Waals surface area contributed by atoms with E-state index in [1.165, 1.54) is 17.7 Å². The second kappa shape index (κ2) is 6.06. The smallest absolute Gasteiger partial charge is 0.258 e. The van der Waals surface area contributed by atoms with Gasteiger partial charge in [0.05, 0.1) is 10.6 Å². The molecule has 5 heteroatoms. The van der Waals surface area contributed by atoms with Crippen LogP contribution < -0.4 is 0 Å². The van der Waals surface area contributed by atoms with Crippen LogP contribution in [0.3, 0.4) is 0 Å². The van der Waals surface area contributed by atoms with Crippen molar-refractivity contribution in [1.82, 2.24) is 0 Å². The van der Waals surface area contributed by atoms with Gasteiger partial charge in [0.25, 0.3) is 5.69 Å². The zero-order valence-electron chi connectivity index (χ0n) is 12.1. The maximum Gasteiger partial charge on any atom is 0.288 e. The summed E-state index contributed by atoms with van der Waals surface area (Å²) in [7, 11) is 0. The minimum atomic E-state index is -0.498. The van der Waals surface area contributed by atoms with Gasteiger partial charge in [0, 0.05) is 12.3 Å². The Labute approximate surface area is 128 Å². The minimum absolute atomic E-state index is 0.113. The van der Waals surface area contributed by atoms with Crippen LogP contribution >= 0.6 is 11.6 Å². The number of rotatable bonds is 3. The van der Waals surface area contributed by atoms with Gasteiger partial charge in [-0.15, -0.1) is 0 Å². The zero-order chi connectivity index (χ0) is 15.6. The van der Waals surface area contributed by atoms with E-state index in [1.54, 1.807) is 12.3 Å². The van der Waals surface area contributed by atoms with Gasteiger partial charge < -0.3 is 0 Å². The lowest BCUT2D eigenvalue weighted by atomic mass is 10.1. The second-order valence-corrected chi connectivity index (χ2v) is 5.38. The van der Waals surface area contributed by atoms with E-state index >= 15 is 0 Å². The van der Waals surface area contributed by atoms with Crippen molar-refractivity contribution in [2.75, 3.05) is 0 Å².